The molecule has 6 heteroatoms. The highest BCUT2D eigenvalue weighted by Crippen LogP contribution is 2.33. The van der Waals surface area contributed by atoms with E-state index in [1.54, 1.807) is 11.8 Å². The number of rotatable bonds is 4. The molecule has 0 fully saturated rings. The summed E-state index contributed by atoms with van der Waals surface area (Å²) in [5.74, 6) is 0.350. The van der Waals surface area contributed by atoms with Gasteiger partial charge in [-0.2, -0.15) is 0 Å². The van der Waals surface area contributed by atoms with E-state index in [-0.39, 0.29) is 22.4 Å². The van der Waals surface area contributed by atoms with E-state index in [0.717, 1.165) is 28.1 Å². The summed E-state index contributed by atoms with van der Waals surface area (Å²) in [4.78, 5) is 13.5. The number of benzene rings is 2. The van der Waals surface area contributed by atoms with E-state index in [1.807, 2.05) is 44.2 Å². The predicted molar refractivity (Wildman–Crippen MR) is 133 cm³/mol. The van der Waals surface area contributed by atoms with Gasteiger partial charge in [-0.1, -0.05) is 58.9 Å². The largest absolute Gasteiger partial charge is 0.494 e. The van der Waals surface area contributed by atoms with Crippen LogP contribution in [0.1, 0.15) is 74.4 Å². The van der Waals surface area contributed by atoms with E-state index < -0.39 is 0 Å². The molecule has 3 rings (SSSR count). The number of hydrogen-bond donors (Lipinski definition) is 0. The van der Waals surface area contributed by atoms with Crippen LogP contribution < -0.4 is 4.74 Å². The van der Waals surface area contributed by atoms with Gasteiger partial charge in [-0.25, -0.2) is 9.48 Å². The van der Waals surface area contributed by atoms with Crippen molar-refractivity contribution in [2.75, 3.05) is 7.11 Å². The number of ether oxygens (including phenoxy) is 1. The molecule has 0 atom stereocenters. The van der Waals surface area contributed by atoms with Crippen LogP contribution in [-0.4, -0.2) is 39.3 Å². The minimum atomic E-state index is -0.309. The molecule has 0 saturated heterocycles. The van der Waals surface area contributed by atoms with E-state index >= 15 is 0 Å². The van der Waals surface area contributed by atoms with Gasteiger partial charge < -0.3 is 4.74 Å². The Balaban J connectivity index is 2.06. The van der Waals surface area contributed by atoms with Crippen molar-refractivity contribution in [2.45, 2.75) is 66.2 Å². The van der Waals surface area contributed by atoms with Gasteiger partial charge in [0.2, 0.25) is 11.4 Å². The smallest absolute Gasteiger partial charge is 0.447 e. The lowest BCUT2D eigenvalue weighted by Gasteiger charge is -2.25. The van der Waals surface area contributed by atoms with Crippen LogP contribution >= 0.6 is 0 Å². The molecule has 1 amide bonds. The zero-order chi connectivity index (χ0) is 24.7. The molecule has 0 aliphatic heterocycles. The number of carbonyl (C=O) groups excluding carboxylic acids is 1. The van der Waals surface area contributed by atoms with Crippen molar-refractivity contribution >= 4 is 18.3 Å². The molecule has 0 aliphatic carbocycles. The van der Waals surface area contributed by atoms with Crippen molar-refractivity contribution in [3.05, 3.63) is 64.5 Å². The molecule has 2 aromatic carbocycles. The number of nitrogens with zero attached hydrogens (tertiary/aromatic N) is 4. The van der Waals surface area contributed by atoms with Crippen LogP contribution in [0.4, 0.5) is 5.69 Å². The summed E-state index contributed by atoms with van der Waals surface area (Å²) in [5, 5.41) is 8.47. The van der Waals surface area contributed by atoms with Crippen LogP contribution in [0.25, 0.3) is 5.69 Å². The molecule has 0 radical (unpaired) electrons. The average molecular weight is 448 g/mol. The number of amides is 1. The molecule has 0 spiro atoms. The van der Waals surface area contributed by atoms with E-state index in [2.05, 4.69) is 64.6 Å². The van der Waals surface area contributed by atoms with Crippen molar-refractivity contribution in [2.24, 2.45) is 0 Å². The maximum Gasteiger partial charge on any atom is 0.447 e. The minimum Gasteiger partial charge on any atom is -0.494 e. The van der Waals surface area contributed by atoms with Crippen molar-refractivity contribution in [3.8, 4) is 11.4 Å². The third-order valence-electron chi connectivity index (χ3n) is 5.87. The second-order valence-electron chi connectivity index (χ2n) is 10.6. The second-order valence-corrected chi connectivity index (χ2v) is 10.6. The first-order chi connectivity index (χ1) is 15.2. The van der Waals surface area contributed by atoms with Gasteiger partial charge in [0, 0.05) is 12.1 Å². The van der Waals surface area contributed by atoms with Gasteiger partial charge in [0.25, 0.3) is 0 Å². The first-order valence-corrected chi connectivity index (χ1v) is 11.1. The highest BCUT2D eigenvalue weighted by atomic mass is 16.5. The van der Waals surface area contributed by atoms with E-state index in [9.17, 15) is 4.79 Å². The maximum atomic E-state index is 13.5. The molecular weight excluding hydrogens is 412 g/mol. The zero-order valence-electron chi connectivity index (χ0n) is 21.3. The summed E-state index contributed by atoms with van der Waals surface area (Å²) < 4.78 is 8.54. The Hall–Kier alpha value is -3.28. The number of aromatic nitrogens is 3. The molecule has 0 unspecified atom stereocenters. The van der Waals surface area contributed by atoms with Gasteiger partial charge in [0.1, 0.15) is 18.2 Å². The number of aryl methyl sites for hydroxylation is 1. The normalized spacial score (nSPS) is 12.0. The third kappa shape index (κ3) is 4.90. The van der Waals surface area contributed by atoms with Crippen LogP contribution in [0, 0.1) is 13.8 Å². The van der Waals surface area contributed by atoms with Crippen LogP contribution in [0.15, 0.2) is 36.4 Å². The van der Waals surface area contributed by atoms with Crippen LogP contribution in [-0.2, 0) is 10.8 Å². The van der Waals surface area contributed by atoms with Gasteiger partial charge in [-0.05, 0) is 53.5 Å². The Bertz CT molecular complexity index is 1190. The highest BCUT2D eigenvalue weighted by molar-refractivity contribution is 5.89. The van der Waals surface area contributed by atoms with Crippen LogP contribution in [0.2, 0.25) is 0 Å². The lowest BCUT2D eigenvalue weighted by molar-refractivity contribution is -0.325. The molecule has 3 aromatic rings. The topological polar surface area (TPSA) is 60.0 Å². The quantitative estimate of drug-likeness (QED) is 0.382. The lowest BCUT2D eigenvalue weighted by atomic mass is 9.80. The molecule has 174 valence electrons. The highest BCUT2D eigenvalue weighted by Gasteiger charge is 2.31. The first-order valence-electron chi connectivity index (χ1n) is 11.1. The van der Waals surface area contributed by atoms with Gasteiger partial charge in [0.15, 0.2) is 0 Å². The Morgan fingerprint density at radius 1 is 0.970 bits per heavy atom. The molecule has 6 nitrogen and oxygen atoms in total. The Kier molecular flexibility index (Phi) is 6.33. The van der Waals surface area contributed by atoms with Crippen molar-refractivity contribution in [3.63, 3.8) is 0 Å². The van der Waals surface area contributed by atoms with Crippen LogP contribution in [0.3, 0.4) is 0 Å². The fourth-order valence-corrected chi connectivity index (χ4v) is 3.60. The molecule has 33 heavy (non-hydrogen) atoms. The Morgan fingerprint density at radius 3 is 2.06 bits per heavy atom. The van der Waals surface area contributed by atoms with Gasteiger partial charge in [-0.3, -0.25) is 0 Å². The van der Waals surface area contributed by atoms with Crippen LogP contribution in [0.5, 0.6) is 5.75 Å². The van der Waals surface area contributed by atoms with E-state index in [0.29, 0.717) is 11.4 Å². The maximum absolute atomic E-state index is 13.5. The van der Waals surface area contributed by atoms with E-state index in [1.165, 1.54) is 4.58 Å². The Morgan fingerprint density at radius 2 is 1.55 bits per heavy atom. The average Bonchev–Trinajstić information content (AvgIpc) is 3.12. The molecule has 0 bridgehead atoms. The summed E-state index contributed by atoms with van der Waals surface area (Å²) >= 11 is 0. The number of methoxy groups -OCH3 is 1. The monoisotopic (exact) mass is 447 g/mol. The minimum absolute atomic E-state index is 0.0688. The second kappa shape index (κ2) is 8.58. The molecule has 0 N–H and O–H groups in total. The van der Waals surface area contributed by atoms with Crippen molar-refractivity contribution < 1.29 is 14.1 Å². The summed E-state index contributed by atoms with van der Waals surface area (Å²) in [5.41, 5.74) is 5.57. The Labute approximate surface area is 196 Å². The van der Waals surface area contributed by atoms with Gasteiger partial charge >= 0.3 is 5.91 Å². The fraction of sp³-hybridized carbons (Fsp3) is 0.407. The fourth-order valence-electron chi connectivity index (χ4n) is 3.60. The van der Waals surface area contributed by atoms with Crippen molar-refractivity contribution in [1.82, 2.24) is 15.0 Å². The van der Waals surface area contributed by atoms with Crippen molar-refractivity contribution in [1.29, 1.82) is 0 Å². The third-order valence-corrected chi connectivity index (χ3v) is 5.87. The lowest BCUT2D eigenvalue weighted by Crippen LogP contribution is -2.20. The summed E-state index contributed by atoms with van der Waals surface area (Å²) in [6.07, 6.45) is 0. The standard InChI is InChI=1S/C27H35N4O2/c1-17-11-12-23(33-10)22(13-17)31-18(2)24(28-29-31)25(32)30(9)21-15-19(26(3,4)5)14-20(16-21)27(6,7)8/h11-16H,9H2,1-8,10H3/q+1. The molecule has 1 heterocycles. The zero-order valence-corrected chi connectivity index (χ0v) is 21.3. The number of hydrogen-bond acceptors (Lipinski definition) is 4. The molecule has 0 aliphatic rings. The number of carbonyl (C=O) groups is 1. The summed E-state index contributed by atoms with van der Waals surface area (Å²) in [7, 11) is 1.61. The van der Waals surface area contributed by atoms with Gasteiger partial charge in [0.05, 0.1) is 12.8 Å². The first kappa shape index (κ1) is 24.4. The molecular formula is C27H35N4O2+. The van der Waals surface area contributed by atoms with E-state index in [4.69, 9.17) is 4.74 Å². The van der Waals surface area contributed by atoms with Gasteiger partial charge in [-0.15, -0.1) is 9.67 Å². The summed E-state index contributed by atoms with van der Waals surface area (Å²) in [6, 6.07) is 12.1. The molecule has 1 aromatic heterocycles. The summed E-state index contributed by atoms with van der Waals surface area (Å²) in [6.45, 7) is 20.9. The molecule has 0 saturated carbocycles. The predicted octanol–water partition coefficient (Wildman–Crippen LogP) is 5.67. The SMILES string of the molecule is C=[N+](C(=O)c1nnn(-c2cc(C)ccc2OC)c1C)c1cc(C(C)(C)C)cc(C(C)(C)C)c1.